The Labute approximate surface area is 88.3 Å². The Bertz CT molecular complexity index is 404. The van der Waals surface area contributed by atoms with E-state index >= 15 is 0 Å². The van der Waals surface area contributed by atoms with Crippen LogP contribution in [0.25, 0.3) is 0 Å². The number of β-amino-alcohol motifs (C(OH)–C–C–N with tert-alkyl or cyclic N) is 1. The molecule has 0 aliphatic carbocycles. The summed E-state index contributed by atoms with van der Waals surface area (Å²) in [6, 6.07) is 0. The first-order chi connectivity index (χ1) is 8.50. The lowest BCUT2D eigenvalue weighted by molar-refractivity contribution is 0.0270. The van der Waals surface area contributed by atoms with Crippen molar-refractivity contribution in [3.05, 3.63) is 0 Å². The largest absolute Gasteiger partial charge is 0.444 e. The van der Waals surface area contributed by atoms with Crippen molar-refractivity contribution in [1.29, 1.82) is 0 Å². The van der Waals surface area contributed by atoms with Gasteiger partial charge in [0.1, 0.15) is 5.60 Å². The van der Waals surface area contributed by atoms with Crippen molar-refractivity contribution < 1.29 is 24.2 Å². The highest BCUT2D eigenvalue weighted by Crippen LogP contribution is 2.14. The Hall–Kier alpha value is -0.770. The number of hydrogen-bond donors (Lipinski definition) is 1. The molecule has 0 radical (unpaired) electrons. The minimum absolute atomic E-state index is 0.196. The number of amides is 1. The van der Waals surface area contributed by atoms with Gasteiger partial charge in [-0.1, -0.05) is 0 Å². The van der Waals surface area contributed by atoms with E-state index < -0.39 is 37.1 Å². The van der Waals surface area contributed by atoms with Crippen molar-refractivity contribution in [2.75, 3.05) is 13.0 Å². The Morgan fingerprint density at radius 3 is 2.77 bits per heavy atom. The monoisotopic (exact) mass is 194 g/mol. The van der Waals surface area contributed by atoms with Gasteiger partial charge in [0.15, 0.2) is 0 Å². The fourth-order valence-electron chi connectivity index (χ4n) is 0.670. The van der Waals surface area contributed by atoms with Crippen molar-refractivity contribution in [3.63, 3.8) is 0 Å². The molecule has 0 aromatic rings. The molecule has 0 bridgehead atoms. The first-order valence-corrected chi connectivity index (χ1v) is 3.76. The summed E-state index contributed by atoms with van der Waals surface area (Å²) in [5, 5.41) is 9.73. The molecule has 0 spiro atoms. The average Bonchev–Trinajstić information content (AvgIpc) is 2.17. The molecular formula is C9H17NO3. The molecule has 1 heterocycles. The molecule has 1 amide bonds. The third-order valence-corrected chi connectivity index (χ3v) is 1.08. The van der Waals surface area contributed by atoms with Crippen LogP contribution in [0.5, 0.6) is 0 Å². The van der Waals surface area contributed by atoms with E-state index in [9.17, 15) is 9.90 Å². The number of carbonyl (C=O) groups excluding carboxylic acids is 1. The molecule has 4 heteroatoms. The Balaban J connectivity index is 3.36. The zero-order valence-corrected chi connectivity index (χ0v) is 7.71. The summed E-state index contributed by atoms with van der Waals surface area (Å²) < 4.78 is 57.5. The van der Waals surface area contributed by atoms with Gasteiger partial charge < -0.3 is 14.7 Å². The maximum absolute atomic E-state index is 11.9. The zero-order valence-electron chi connectivity index (χ0n) is 14.7. The molecule has 1 N–H and O–H groups in total. The molecule has 76 valence electrons. The van der Waals surface area contributed by atoms with Crippen molar-refractivity contribution in [3.8, 4) is 0 Å². The number of nitrogens with zero attached hydrogens (tertiary/aromatic N) is 1. The van der Waals surface area contributed by atoms with Crippen LogP contribution in [0.1, 0.15) is 36.7 Å². The fraction of sp³-hybridized carbons (Fsp3) is 0.889. The molecule has 1 rings (SSSR count). The number of aliphatic hydroxyl groups is 1. The van der Waals surface area contributed by atoms with Crippen molar-refractivity contribution in [2.24, 2.45) is 0 Å². The van der Waals surface area contributed by atoms with E-state index in [1.165, 1.54) is 20.8 Å². The fourth-order valence-corrected chi connectivity index (χ4v) is 0.670. The van der Waals surface area contributed by atoms with Crippen LogP contribution in [-0.2, 0) is 4.74 Å². The summed E-state index contributed by atoms with van der Waals surface area (Å²) >= 11 is 0. The van der Waals surface area contributed by atoms with E-state index in [1.54, 1.807) is 0 Å². The average molecular weight is 194 g/mol. The van der Waals surface area contributed by atoms with Crippen LogP contribution >= 0.6 is 0 Å². The maximum atomic E-state index is 11.9. The van der Waals surface area contributed by atoms with Crippen molar-refractivity contribution in [1.82, 2.24) is 4.90 Å². The predicted molar refractivity (Wildman–Crippen MR) is 48.4 cm³/mol. The number of hydrogen-bond acceptors (Lipinski definition) is 3. The van der Waals surface area contributed by atoms with Crippen LogP contribution in [0.3, 0.4) is 0 Å². The van der Waals surface area contributed by atoms with Gasteiger partial charge >= 0.3 is 6.09 Å². The Morgan fingerprint density at radius 1 is 1.77 bits per heavy atom. The lowest BCUT2D eigenvalue weighted by Crippen LogP contribution is -2.35. The maximum Gasteiger partial charge on any atom is 0.410 e. The normalized spacial score (nSPS) is 48.6. The molecule has 1 fully saturated rings. The van der Waals surface area contributed by atoms with E-state index in [0.717, 1.165) is 0 Å². The van der Waals surface area contributed by atoms with Crippen molar-refractivity contribution >= 4 is 6.09 Å². The minimum atomic E-state index is -3.49. The van der Waals surface area contributed by atoms with Crippen LogP contribution in [0.4, 0.5) is 4.79 Å². The van der Waals surface area contributed by atoms with Crippen LogP contribution in [0.2, 0.25) is 0 Å². The number of carbonyl (C=O) groups is 1. The lowest BCUT2D eigenvalue weighted by atomic mass is 10.2. The first kappa shape index (κ1) is 4.17. The van der Waals surface area contributed by atoms with Crippen LogP contribution in [-0.4, -0.2) is 40.8 Å². The summed E-state index contributed by atoms with van der Waals surface area (Å²) in [6.07, 6.45) is -8.32. The van der Waals surface area contributed by atoms with E-state index in [1.807, 2.05) is 0 Å². The predicted octanol–water partition coefficient (Wildman–Crippen LogP) is 0.988. The summed E-state index contributed by atoms with van der Waals surface area (Å²) in [7, 11) is 0. The Kier molecular flexibility index (Phi) is 1.13. The molecule has 0 saturated carbocycles. The Morgan fingerprint density at radius 2 is 2.38 bits per heavy atom. The van der Waals surface area contributed by atoms with E-state index in [0.29, 0.717) is 0 Å². The molecule has 1 aliphatic rings. The van der Waals surface area contributed by atoms with E-state index in [2.05, 4.69) is 0 Å². The third kappa shape index (κ3) is 3.22. The van der Waals surface area contributed by atoms with Gasteiger partial charge in [-0.25, -0.2) is 4.79 Å². The van der Waals surface area contributed by atoms with Crippen molar-refractivity contribution in [2.45, 2.75) is 38.8 Å². The van der Waals surface area contributed by atoms with Gasteiger partial charge in [0, 0.05) is 18.5 Å². The van der Waals surface area contributed by atoms with Gasteiger partial charge in [-0.3, -0.25) is 0 Å². The first-order valence-electron chi connectivity index (χ1n) is 7.26. The van der Waals surface area contributed by atoms with Gasteiger partial charge in [0.05, 0.1) is 10.2 Å². The highest BCUT2D eigenvalue weighted by Gasteiger charge is 2.28. The molecular weight excluding hydrogens is 170 g/mol. The second kappa shape index (κ2) is 3.54. The number of rotatable bonds is 0. The second-order valence-electron chi connectivity index (χ2n) is 3.51. The molecule has 0 aromatic heterocycles. The van der Waals surface area contributed by atoms with E-state index in [-0.39, 0.29) is 4.90 Å². The second-order valence-corrected chi connectivity index (χ2v) is 3.51. The lowest BCUT2D eigenvalue weighted by Gasteiger charge is -2.24. The third-order valence-electron chi connectivity index (χ3n) is 1.08. The molecule has 1 atom stereocenters. The van der Waals surface area contributed by atoms with Gasteiger partial charge in [0.2, 0.25) is 0 Å². The quantitative estimate of drug-likeness (QED) is 0.625. The van der Waals surface area contributed by atoms with Crippen LogP contribution < -0.4 is 0 Å². The topological polar surface area (TPSA) is 49.8 Å². The molecule has 13 heavy (non-hydrogen) atoms. The SMILES string of the molecule is [2H]C1([2H])N(C(=O)OC(C)(C)C)C([2H])([2H])C([2H])(O)C1([2H])[2H]. The summed E-state index contributed by atoms with van der Waals surface area (Å²) in [5.41, 5.74) is -1.07. The van der Waals surface area contributed by atoms with Gasteiger partial charge in [-0.15, -0.1) is 0 Å². The number of likely N-dealkylation sites (tertiary alicyclic amines) is 1. The molecule has 4 nitrogen and oxygen atoms in total. The summed E-state index contributed by atoms with van der Waals surface area (Å²) in [6.45, 7) is -2.16. The minimum Gasteiger partial charge on any atom is -0.444 e. The van der Waals surface area contributed by atoms with E-state index in [4.69, 9.17) is 14.3 Å². The van der Waals surface area contributed by atoms with Gasteiger partial charge in [-0.2, -0.15) is 0 Å². The molecule has 1 saturated heterocycles. The summed E-state index contributed by atoms with van der Waals surface area (Å²) in [5.74, 6) is 0. The van der Waals surface area contributed by atoms with Crippen LogP contribution in [0, 0.1) is 0 Å². The standard InChI is InChI=1S/C9H17NO3/c1-9(2,3)13-8(12)10-5-4-7(11)6-10/h7,11H,4-6H2,1-3H3/i4D2,5D2,6D2,7D. The van der Waals surface area contributed by atoms with Gasteiger partial charge in [0.25, 0.3) is 0 Å². The van der Waals surface area contributed by atoms with Gasteiger partial charge in [-0.05, 0) is 27.1 Å². The highest BCUT2D eigenvalue weighted by atomic mass is 16.6. The van der Waals surface area contributed by atoms with Crippen LogP contribution in [0.15, 0.2) is 0 Å². The molecule has 1 unspecified atom stereocenters. The molecule has 1 aliphatic heterocycles. The zero-order chi connectivity index (χ0) is 16.4. The number of ether oxygens (including phenoxy) is 1. The summed E-state index contributed by atoms with van der Waals surface area (Å²) in [4.78, 5) is 11.7. The molecule has 0 aromatic carbocycles. The smallest absolute Gasteiger partial charge is 0.410 e. The highest BCUT2D eigenvalue weighted by molar-refractivity contribution is 5.68.